The fraction of sp³-hybridized carbons (Fsp3) is 0.400. The van der Waals surface area contributed by atoms with Gasteiger partial charge in [0.2, 0.25) is 0 Å². The Morgan fingerprint density at radius 1 is 1.38 bits per heavy atom. The molecule has 0 bridgehead atoms. The normalized spacial score (nSPS) is 15.1. The zero-order valence-corrected chi connectivity index (χ0v) is 13.7. The smallest absolute Gasteiger partial charge is 0.145 e. The fourth-order valence-electron chi connectivity index (χ4n) is 2.45. The number of hydrogen-bond donors (Lipinski definition) is 0. The molecule has 1 aliphatic rings. The zero-order chi connectivity index (χ0) is 15.1. The standard InChI is InChI=1S/C15H16BrFN2O2/c1-8-14(9(2)19(3)18-8)12-4-10(5-13(16)15(12)17)21-11-6-20-7-11/h4-5,11H,6-7H2,1-3H3. The summed E-state index contributed by atoms with van der Waals surface area (Å²) in [6.45, 7) is 4.96. The molecule has 0 amide bonds. The van der Waals surface area contributed by atoms with Gasteiger partial charge in [0.15, 0.2) is 0 Å². The number of hydrogen-bond acceptors (Lipinski definition) is 3. The minimum atomic E-state index is -0.300. The predicted molar refractivity (Wildman–Crippen MR) is 81.0 cm³/mol. The molecule has 0 aliphatic carbocycles. The van der Waals surface area contributed by atoms with Gasteiger partial charge in [-0.1, -0.05) is 0 Å². The molecule has 4 nitrogen and oxygen atoms in total. The second-order valence-electron chi connectivity index (χ2n) is 5.21. The van der Waals surface area contributed by atoms with Crippen molar-refractivity contribution in [2.45, 2.75) is 20.0 Å². The molecule has 0 radical (unpaired) electrons. The predicted octanol–water partition coefficient (Wildman–Crippen LogP) is 3.38. The molecule has 1 fully saturated rings. The van der Waals surface area contributed by atoms with Crippen LogP contribution in [-0.4, -0.2) is 29.1 Å². The monoisotopic (exact) mass is 354 g/mol. The summed E-state index contributed by atoms with van der Waals surface area (Å²) in [5.41, 5.74) is 3.03. The minimum absolute atomic E-state index is 0.0475. The molecule has 0 saturated carbocycles. The summed E-state index contributed by atoms with van der Waals surface area (Å²) >= 11 is 3.27. The molecule has 1 aromatic carbocycles. The summed E-state index contributed by atoms with van der Waals surface area (Å²) in [6, 6.07) is 3.38. The van der Waals surface area contributed by atoms with E-state index >= 15 is 0 Å². The first kappa shape index (κ1) is 14.5. The van der Waals surface area contributed by atoms with E-state index in [1.165, 1.54) is 0 Å². The van der Waals surface area contributed by atoms with Crippen LogP contribution >= 0.6 is 15.9 Å². The maximum atomic E-state index is 14.5. The van der Waals surface area contributed by atoms with Crippen molar-refractivity contribution in [3.05, 3.63) is 33.8 Å². The first-order valence-electron chi connectivity index (χ1n) is 6.71. The van der Waals surface area contributed by atoms with E-state index in [-0.39, 0.29) is 11.9 Å². The summed E-state index contributed by atoms with van der Waals surface area (Å²) in [6.07, 6.45) is 0.0475. The van der Waals surface area contributed by atoms with Crippen LogP contribution in [0, 0.1) is 19.7 Å². The van der Waals surface area contributed by atoms with Gasteiger partial charge in [0, 0.05) is 23.9 Å². The maximum Gasteiger partial charge on any atom is 0.145 e. The number of ether oxygens (including phenoxy) is 2. The Kier molecular flexibility index (Phi) is 3.75. The maximum absolute atomic E-state index is 14.5. The van der Waals surface area contributed by atoms with E-state index in [2.05, 4.69) is 21.0 Å². The first-order valence-corrected chi connectivity index (χ1v) is 7.50. The summed E-state index contributed by atoms with van der Waals surface area (Å²) in [4.78, 5) is 0. The van der Waals surface area contributed by atoms with Gasteiger partial charge in [-0.05, 0) is 41.9 Å². The number of halogens is 2. The Balaban J connectivity index is 2.07. The molecule has 1 aromatic heterocycles. The molecule has 112 valence electrons. The minimum Gasteiger partial charge on any atom is -0.486 e. The van der Waals surface area contributed by atoms with E-state index < -0.39 is 0 Å². The van der Waals surface area contributed by atoms with E-state index in [4.69, 9.17) is 9.47 Å². The number of nitrogens with zero attached hydrogens (tertiary/aromatic N) is 2. The molecule has 6 heteroatoms. The van der Waals surface area contributed by atoms with Gasteiger partial charge in [0.05, 0.1) is 23.4 Å². The number of aromatic nitrogens is 2. The van der Waals surface area contributed by atoms with E-state index in [0.29, 0.717) is 29.0 Å². The van der Waals surface area contributed by atoms with Gasteiger partial charge in [0.25, 0.3) is 0 Å². The SMILES string of the molecule is Cc1nn(C)c(C)c1-c1cc(OC2COC2)cc(Br)c1F. The van der Waals surface area contributed by atoms with Crippen molar-refractivity contribution in [2.24, 2.45) is 7.05 Å². The van der Waals surface area contributed by atoms with E-state index in [1.54, 1.807) is 16.8 Å². The fourth-order valence-corrected chi connectivity index (χ4v) is 2.89. The highest BCUT2D eigenvalue weighted by Crippen LogP contribution is 2.36. The highest BCUT2D eigenvalue weighted by molar-refractivity contribution is 9.10. The Labute approximate surface area is 131 Å². The number of benzene rings is 1. The number of aryl methyl sites for hydroxylation is 2. The highest BCUT2D eigenvalue weighted by atomic mass is 79.9. The van der Waals surface area contributed by atoms with Gasteiger partial charge >= 0.3 is 0 Å². The van der Waals surface area contributed by atoms with E-state index in [1.807, 2.05) is 20.9 Å². The van der Waals surface area contributed by atoms with Crippen molar-refractivity contribution in [3.63, 3.8) is 0 Å². The summed E-state index contributed by atoms with van der Waals surface area (Å²) in [5, 5.41) is 4.35. The lowest BCUT2D eigenvalue weighted by molar-refractivity contribution is -0.0797. The second kappa shape index (κ2) is 5.42. The van der Waals surface area contributed by atoms with Crippen LogP contribution in [0.15, 0.2) is 16.6 Å². The lowest BCUT2D eigenvalue weighted by Crippen LogP contribution is -2.38. The van der Waals surface area contributed by atoms with Gasteiger partial charge < -0.3 is 9.47 Å². The van der Waals surface area contributed by atoms with Gasteiger partial charge in [-0.15, -0.1) is 0 Å². The third kappa shape index (κ3) is 2.58. The Hall–Kier alpha value is -1.40. The largest absolute Gasteiger partial charge is 0.486 e. The molecule has 21 heavy (non-hydrogen) atoms. The van der Waals surface area contributed by atoms with Crippen LogP contribution in [0.5, 0.6) is 5.75 Å². The molecule has 0 atom stereocenters. The summed E-state index contributed by atoms with van der Waals surface area (Å²) in [7, 11) is 1.85. The Bertz CT molecular complexity index is 695. The first-order chi connectivity index (χ1) is 9.97. The molecule has 0 spiro atoms. The highest BCUT2D eigenvalue weighted by Gasteiger charge is 2.23. The van der Waals surface area contributed by atoms with Crippen molar-refractivity contribution in [2.75, 3.05) is 13.2 Å². The van der Waals surface area contributed by atoms with Crippen LogP contribution in [-0.2, 0) is 11.8 Å². The third-order valence-corrected chi connectivity index (χ3v) is 4.27. The van der Waals surface area contributed by atoms with Crippen molar-refractivity contribution in [1.29, 1.82) is 0 Å². The molecular formula is C15H16BrFN2O2. The van der Waals surface area contributed by atoms with Crippen molar-refractivity contribution in [1.82, 2.24) is 9.78 Å². The van der Waals surface area contributed by atoms with Gasteiger partial charge in [-0.3, -0.25) is 4.68 Å². The lowest BCUT2D eigenvalue weighted by Gasteiger charge is -2.27. The molecule has 2 aromatic rings. The van der Waals surface area contributed by atoms with E-state index in [0.717, 1.165) is 17.0 Å². The average molecular weight is 355 g/mol. The molecular weight excluding hydrogens is 339 g/mol. The van der Waals surface area contributed by atoms with Crippen molar-refractivity contribution < 1.29 is 13.9 Å². The third-order valence-electron chi connectivity index (χ3n) is 3.69. The molecule has 0 unspecified atom stereocenters. The van der Waals surface area contributed by atoms with Gasteiger partial charge in [-0.2, -0.15) is 5.10 Å². The summed E-state index contributed by atoms with van der Waals surface area (Å²) in [5.74, 6) is 0.334. The zero-order valence-electron chi connectivity index (χ0n) is 12.1. The van der Waals surface area contributed by atoms with Crippen LogP contribution in [0.3, 0.4) is 0 Å². The van der Waals surface area contributed by atoms with E-state index in [9.17, 15) is 4.39 Å². The van der Waals surface area contributed by atoms with Gasteiger partial charge in [0.1, 0.15) is 17.7 Å². The molecule has 1 saturated heterocycles. The van der Waals surface area contributed by atoms with Crippen molar-refractivity contribution in [3.8, 4) is 16.9 Å². The van der Waals surface area contributed by atoms with Crippen molar-refractivity contribution >= 4 is 15.9 Å². The lowest BCUT2D eigenvalue weighted by atomic mass is 10.0. The molecule has 2 heterocycles. The second-order valence-corrected chi connectivity index (χ2v) is 6.07. The average Bonchev–Trinajstić information content (AvgIpc) is 2.63. The summed E-state index contributed by atoms with van der Waals surface area (Å²) < 4.78 is 27.5. The van der Waals surface area contributed by atoms with Crippen LogP contribution in [0.25, 0.3) is 11.1 Å². The molecule has 3 rings (SSSR count). The Morgan fingerprint density at radius 3 is 2.62 bits per heavy atom. The molecule has 0 N–H and O–H groups in total. The van der Waals surface area contributed by atoms with Crippen LogP contribution in [0.1, 0.15) is 11.4 Å². The molecule has 1 aliphatic heterocycles. The number of rotatable bonds is 3. The van der Waals surface area contributed by atoms with Crippen LogP contribution < -0.4 is 4.74 Å². The Morgan fingerprint density at radius 2 is 2.10 bits per heavy atom. The quantitative estimate of drug-likeness (QED) is 0.847. The van der Waals surface area contributed by atoms with Crippen LogP contribution in [0.2, 0.25) is 0 Å². The van der Waals surface area contributed by atoms with Crippen LogP contribution in [0.4, 0.5) is 4.39 Å². The van der Waals surface area contributed by atoms with Gasteiger partial charge in [-0.25, -0.2) is 4.39 Å². The topological polar surface area (TPSA) is 36.3 Å².